The number of carbonyl (C=O) groups excluding carboxylic acids is 2. The van der Waals surface area contributed by atoms with Gasteiger partial charge in [0, 0.05) is 27.7 Å². The molecule has 1 aliphatic rings. The van der Waals surface area contributed by atoms with Gasteiger partial charge < -0.3 is 10.2 Å². The summed E-state index contributed by atoms with van der Waals surface area (Å²) in [6.07, 6.45) is 5.26. The molecule has 0 aromatic heterocycles. The van der Waals surface area contributed by atoms with Crippen LogP contribution in [-0.4, -0.2) is 50.0 Å². The van der Waals surface area contributed by atoms with Gasteiger partial charge in [-0.2, -0.15) is 0 Å². The summed E-state index contributed by atoms with van der Waals surface area (Å²) in [4.78, 5) is 28.6. The average molecular weight is 589 g/mol. The highest BCUT2D eigenvalue weighted by molar-refractivity contribution is 7.92. The summed E-state index contributed by atoms with van der Waals surface area (Å²) >= 11 is 18.6. The molecule has 0 heterocycles. The van der Waals surface area contributed by atoms with Gasteiger partial charge in [-0.1, -0.05) is 66.7 Å². The van der Waals surface area contributed by atoms with Crippen LogP contribution in [0.1, 0.15) is 50.2 Å². The second-order valence-corrected chi connectivity index (χ2v) is 12.6. The summed E-state index contributed by atoms with van der Waals surface area (Å²) in [7, 11) is -3.86. The van der Waals surface area contributed by atoms with Crippen LogP contribution in [0.3, 0.4) is 0 Å². The van der Waals surface area contributed by atoms with Crippen LogP contribution in [0.4, 0.5) is 5.69 Å². The summed E-state index contributed by atoms with van der Waals surface area (Å²) in [5, 5.41) is 4.20. The van der Waals surface area contributed by atoms with Crippen LogP contribution in [0.5, 0.6) is 0 Å². The Labute approximate surface area is 234 Å². The third-order valence-electron chi connectivity index (χ3n) is 6.56. The number of nitrogens with zero attached hydrogens (tertiary/aromatic N) is 2. The van der Waals surface area contributed by atoms with Crippen molar-refractivity contribution in [1.82, 2.24) is 10.2 Å². The van der Waals surface area contributed by atoms with Gasteiger partial charge >= 0.3 is 0 Å². The van der Waals surface area contributed by atoms with Crippen LogP contribution in [0.2, 0.25) is 15.1 Å². The third kappa shape index (κ3) is 7.76. The van der Waals surface area contributed by atoms with Crippen LogP contribution in [0.15, 0.2) is 36.4 Å². The number of hydrogen-bond donors (Lipinski definition) is 1. The first-order valence-electron chi connectivity index (χ1n) is 12.2. The van der Waals surface area contributed by atoms with E-state index in [2.05, 4.69) is 5.32 Å². The topological polar surface area (TPSA) is 86.8 Å². The molecule has 0 aliphatic heterocycles. The van der Waals surface area contributed by atoms with Crippen molar-refractivity contribution in [3.05, 3.63) is 62.6 Å². The molecule has 1 fully saturated rings. The zero-order valence-electron chi connectivity index (χ0n) is 21.1. The Morgan fingerprint density at radius 1 is 1.05 bits per heavy atom. The van der Waals surface area contributed by atoms with Crippen molar-refractivity contribution < 1.29 is 18.0 Å². The first-order chi connectivity index (χ1) is 17.4. The minimum atomic E-state index is -3.86. The fourth-order valence-electron chi connectivity index (χ4n) is 4.57. The van der Waals surface area contributed by atoms with Crippen LogP contribution < -0.4 is 9.62 Å². The van der Waals surface area contributed by atoms with Gasteiger partial charge in [-0.3, -0.25) is 13.9 Å². The Morgan fingerprint density at radius 2 is 1.68 bits per heavy atom. The summed E-state index contributed by atoms with van der Waals surface area (Å²) in [5.74, 6) is -0.804. The molecule has 1 N–H and O–H groups in total. The van der Waals surface area contributed by atoms with Crippen LogP contribution >= 0.6 is 34.8 Å². The summed E-state index contributed by atoms with van der Waals surface area (Å²) in [6, 6.07) is 9.02. The molecule has 0 spiro atoms. The molecule has 3 rings (SSSR count). The zero-order valence-corrected chi connectivity index (χ0v) is 24.2. The van der Waals surface area contributed by atoms with Gasteiger partial charge in [0.1, 0.15) is 12.6 Å². The van der Waals surface area contributed by atoms with Crippen molar-refractivity contribution in [3.8, 4) is 0 Å². The van der Waals surface area contributed by atoms with E-state index >= 15 is 0 Å². The van der Waals surface area contributed by atoms with Gasteiger partial charge in [-0.15, -0.1) is 0 Å². The standard InChI is InChI=1S/C26H32Cl3N3O4S/c1-4-23(26(34)30-21-7-5-6-8-21)31(15-18-10-12-19(27)13-22(18)29)25(33)16-32(37(3,35)36)24-14-20(28)11-9-17(24)2/h9-14,21,23H,4-8,15-16H2,1-3H3,(H,30,34)/t23-/m0/s1. The highest BCUT2D eigenvalue weighted by Crippen LogP contribution is 2.28. The number of sulfonamides is 1. The molecule has 2 aromatic carbocycles. The summed E-state index contributed by atoms with van der Waals surface area (Å²) in [6.45, 7) is 3.07. The van der Waals surface area contributed by atoms with E-state index in [0.717, 1.165) is 36.2 Å². The number of nitrogens with one attached hydrogen (secondary N) is 1. The van der Waals surface area contributed by atoms with Crippen molar-refractivity contribution in [2.45, 2.75) is 64.6 Å². The number of amides is 2. The predicted molar refractivity (Wildman–Crippen MR) is 150 cm³/mol. The van der Waals surface area contributed by atoms with E-state index in [9.17, 15) is 18.0 Å². The maximum absolute atomic E-state index is 13.8. The lowest BCUT2D eigenvalue weighted by molar-refractivity contribution is -0.140. The van der Waals surface area contributed by atoms with Crippen molar-refractivity contribution in [2.75, 3.05) is 17.1 Å². The van der Waals surface area contributed by atoms with Crippen molar-refractivity contribution in [2.24, 2.45) is 0 Å². The highest BCUT2D eigenvalue weighted by Gasteiger charge is 2.33. The van der Waals surface area contributed by atoms with Crippen molar-refractivity contribution in [1.29, 1.82) is 0 Å². The molecular weight excluding hydrogens is 557 g/mol. The lowest BCUT2D eigenvalue weighted by atomic mass is 10.1. The normalized spacial score (nSPS) is 14.9. The smallest absolute Gasteiger partial charge is 0.244 e. The number of anilines is 1. The van der Waals surface area contributed by atoms with E-state index in [1.165, 1.54) is 11.0 Å². The lowest BCUT2D eigenvalue weighted by Crippen LogP contribution is -2.53. The Balaban J connectivity index is 1.98. The van der Waals surface area contributed by atoms with E-state index < -0.39 is 28.5 Å². The maximum Gasteiger partial charge on any atom is 0.244 e. The molecule has 0 radical (unpaired) electrons. The number of rotatable bonds is 10. The van der Waals surface area contributed by atoms with Crippen LogP contribution in [-0.2, 0) is 26.2 Å². The second kappa shape index (κ2) is 12.7. The average Bonchev–Trinajstić information content (AvgIpc) is 3.32. The van der Waals surface area contributed by atoms with Crippen molar-refractivity contribution >= 4 is 62.3 Å². The molecular formula is C26H32Cl3N3O4S. The third-order valence-corrected chi connectivity index (χ3v) is 8.51. The zero-order chi connectivity index (χ0) is 27.3. The van der Waals surface area contributed by atoms with Gasteiger partial charge in [-0.25, -0.2) is 8.42 Å². The molecule has 1 saturated carbocycles. The number of halogens is 3. The molecule has 2 aromatic rings. The summed E-state index contributed by atoms with van der Waals surface area (Å²) < 4.78 is 26.6. The Morgan fingerprint density at radius 3 is 2.27 bits per heavy atom. The van der Waals surface area contributed by atoms with Crippen LogP contribution in [0, 0.1) is 6.92 Å². The van der Waals surface area contributed by atoms with Gasteiger partial charge in [0.2, 0.25) is 21.8 Å². The van der Waals surface area contributed by atoms with E-state index in [-0.39, 0.29) is 18.5 Å². The van der Waals surface area contributed by atoms with Gasteiger partial charge in [0.25, 0.3) is 0 Å². The Hall–Kier alpha value is -2.00. The molecule has 2 amide bonds. The first kappa shape index (κ1) is 29.6. The van der Waals surface area contributed by atoms with E-state index in [1.807, 2.05) is 6.92 Å². The predicted octanol–water partition coefficient (Wildman–Crippen LogP) is 5.59. The van der Waals surface area contributed by atoms with Crippen LogP contribution in [0.25, 0.3) is 0 Å². The van der Waals surface area contributed by atoms with Gasteiger partial charge in [0.05, 0.1) is 11.9 Å². The van der Waals surface area contributed by atoms with E-state index in [4.69, 9.17) is 34.8 Å². The molecule has 0 saturated heterocycles. The molecule has 7 nitrogen and oxygen atoms in total. The SMILES string of the molecule is CC[C@@H](C(=O)NC1CCCC1)N(Cc1ccc(Cl)cc1Cl)C(=O)CN(c1cc(Cl)ccc1C)S(C)(=O)=O. The molecule has 1 aliphatic carbocycles. The largest absolute Gasteiger partial charge is 0.352 e. The number of benzene rings is 2. The number of hydrogen-bond acceptors (Lipinski definition) is 4. The molecule has 37 heavy (non-hydrogen) atoms. The Bertz CT molecular complexity index is 1250. The van der Waals surface area contributed by atoms with E-state index in [1.54, 1.807) is 37.3 Å². The van der Waals surface area contributed by atoms with Gasteiger partial charge in [0.15, 0.2) is 0 Å². The molecule has 202 valence electrons. The fourth-order valence-corrected chi connectivity index (χ4v) is 6.10. The number of aryl methyl sites for hydroxylation is 1. The molecule has 0 bridgehead atoms. The van der Waals surface area contributed by atoms with Gasteiger partial charge in [-0.05, 0) is 61.6 Å². The lowest BCUT2D eigenvalue weighted by Gasteiger charge is -2.34. The van der Waals surface area contributed by atoms with Crippen molar-refractivity contribution in [3.63, 3.8) is 0 Å². The molecule has 1 atom stereocenters. The minimum Gasteiger partial charge on any atom is -0.352 e. The monoisotopic (exact) mass is 587 g/mol. The quantitative estimate of drug-likeness (QED) is 0.392. The summed E-state index contributed by atoms with van der Waals surface area (Å²) in [5.41, 5.74) is 1.54. The fraction of sp³-hybridized carbons (Fsp3) is 0.462. The first-order valence-corrected chi connectivity index (χ1v) is 15.2. The minimum absolute atomic E-state index is 0.0115. The Kier molecular flexibility index (Phi) is 10.1. The second-order valence-electron chi connectivity index (χ2n) is 9.37. The maximum atomic E-state index is 13.8. The molecule has 0 unspecified atom stereocenters. The number of carbonyl (C=O) groups is 2. The highest BCUT2D eigenvalue weighted by atomic mass is 35.5. The van der Waals surface area contributed by atoms with E-state index in [0.29, 0.717) is 38.3 Å². The molecule has 11 heteroatoms.